The summed E-state index contributed by atoms with van der Waals surface area (Å²) in [6.07, 6.45) is 5.65. The van der Waals surface area contributed by atoms with Crippen molar-refractivity contribution in [1.82, 2.24) is 14.5 Å². The summed E-state index contributed by atoms with van der Waals surface area (Å²) in [6, 6.07) is 2.46. The third-order valence-electron chi connectivity index (χ3n) is 3.24. The molecule has 1 aliphatic rings. The Morgan fingerprint density at radius 3 is 3.00 bits per heavy atom. The first kappa shape index (κ1) is 11.0. The van der Waals surface area contributed by atoms with Gasteiger partial charge < -0.3 is 9.30 Å². The van der Waals surface area contributed by atoms with Crippen LogP contribution in [-0.4, -0.2) is 27.7 Å². The summed E-state index contributed by atoms with van der Waals surface area (Å²) in [4.78, 5) is 8.64. The summed E-state index contributed by atoms with van der Waals surface area (Å²) < 4.78 is 7.66. The topological polar surface area (TPSA) is 39.9 Å². The largest absolute Gasteiger partial charge is 0.381 e. The molecular formula is C12H14ClN3O. The van der Waals surface area contributed by atoms with Crippen molar-refractivity contribution >= 4 is 22.6 Å². The van der Waals surface area contributed by atoms with Gasteiger partial charge in [0.2, 0.25) is 0 Å². The minimum atomic E-state index is 0.437. The van der Waals surface area contributed by atoms with Crippen molar-refractivity contribution in [1.29, 1.82) is 0 Å². The molecule has 0 aliphatic carbocycles. The fraction of sp³-hybridized carbons (Fsp3) is 0.500. The molecule has 4 nitrogen and oxygen atoms in total. The molecule has 0 aromatic carbocycles. The van der Waals surface area contributed by atoms with E-state index in [1.807, 2.05) is 6.07 Å². The molecule has 3 heterocycles. The molecule has 1 fully saturated rings. The maximum Gasteiger partial charge on any atom is 0.125 e. The fourth-order valence-corrected chi connectivity index (χ4v) is 2.63. The highest BCUT2D eigenvalue weighted by molar-refractivity contribution is 6.16. The van der Waals surface area contributed by atoms with E-state index >= 15 is 0 Å². The second-order valence-corrected chi connectivity index (χ2v) is 4.51. The summed E-state index contributed by atoms with van der Waals surface area (Å²) >= 11 is 5.99. The van der Waals surface area contributed by atoms with Gasteiger partial charge in [0.15, 0.2) is 0 Å². The fourth-order valence-electron chi connectivity index (χ4n) is 2.45. The van der Waals surface area contributed by atoms with Crippen LogP contribution in [0, 0.1) is 0 Å². The Kier molecular flexibility index (Phi) is 2.99. The zero-order valence-corrected chi connectivity index (χ0v) is 10.2. The first-order valence-electron chi connectivity index (χ1n) is 5.84. The molecule has 0 saturated carbocycles. The van der Waals surface area contributed by atoms with Gasteiger partial charge in [0, 0.05) is 25.5 Å². The molecule has 2 aromatic heterocycles. The first-order chi connectivity index (χ1) is 8.40. The Morgan fingerprint density at radius 1 is 1.41 bits per heavy atom. The van der Waals surface area contributed by atoms with Gasteiger partial charge in [-0.15, -0.1) is 11.6 Å². The summed E-state index contributed by atoms with van der Waals surface area (Å²) in [6.45, 7) is 1.63. The molecule has 5 heteroatoms. The van der Waals surface area contributed by atoms with Crippen LogP contribution < -0.4 is 0 Å². The number of pyridine rings is 1. The second-order valence-electron chi connectivity index (χ2n) is 4.24. The van der Waals surface area contributed by atoms with E-state index < -0.39 is 0 Å². The molecule has 2 aromatic rings. The summed E-state index contributed by atoms with van der Waals surface area (Å²) in [7, 11) is 0. The Hall–Kier alpha value is -1.13. The molecule has 3 rings (SSSR count). The zero-order valence-electron chi connectivity index (χ0n) is 9.47. The molecule has 0 spiro atoms. The molecule has 1 aliphatic heterocycles. The van der Waals surface area contributed by atoms with Crippen molar-refractivity contribution in [3.8, 4) is 0 Å². The molecule has 1 saturated heterocycles. The lowest BCUT2D eigenvalue weighted by molar-refractivity contribution is 0.0700. The van der Waals surface area contributed by atoms with E-state index in [2.05, 4.69) is 14.5 Å². The number of imidazole rings is 1. The maximum atomic E-state index is 5.99. The van der Waals surface area contributed by atoms with Gasteiger partial charge in [-0.1, -0.05) is 0 Å². The summed E-state index contributed by atoms with van der Waals surface area (Å²) in [5, 5.41) is 0. The van der Waals surface area contributed by atoms with Crippen LogP contribution in [0.1, 0.15) is 24.7 Å². The van der Waals surface area contributed by atoms with Gasteiger partial charge in [-0.3, -0.25) is 4.98 Å². The third-order valence-corrected chi connectivity index (χ3v) is 3.48. The molecule has 0 amide bonds. The zero-order chi connectivity index (χ0) is 11.7. The standard InChI is InChI=1S/C12H14ClN3O/c13-7-12-15-10-8-14-4-1-11(10)16(12)9-2-5-17-6-3-9/h1,4,8-9H,2-3,5-7H2. The van der Waals surface area contributed by atoms with E-state index in [0.29, 0.717) is 11.9 Å². The van der Waals surface area contributed by atoms with E-state index in [-0.39, 0.29) is 0 Å². The first-order valence-corrected chi connectivity index (χ1v) is 6.38. The predicted octanol–water partition coefficient (Wildman–Crippen LogP) is 2.52. The number of rotatable bonds is 2. The molecule has 0 atom stereocenters. The number of alkyl halides is 1. The van der Waals surface area contributed by atoms with Crippen molar-refractivity contribution in [2.45, 2.75) is 24.8 Å². The van der Waals surface area contributed by atoms with Crippen molar-refractivity contribution in [3.63, 3.8) is 0 Å². The highest BCUT2D eigenvalue weighted by atomic mass is 35.5. The lowest BCUT2D eigenvalue weighted by atomic mass is 10.1. The number of halogens is 1. The van der Waals surface area contributed by atoms with Crippen LogP contribution in [0.25, 0.3) is 11.0 Å². The van der Waals surface area contributed by atoms with Crippen molar-refractivity contribution < 1.29 is 4.74 Å². The molecular weight excluding hydrogens is 238 g/mol. The van der Waals surface area contributed by atoms with Gasteiger partial charge in [0.1, 0.15) is 11.3 Å². The molecule has 90 valence electrons. The number of hydrogen-bond acceptors (Lipinski definition) is 3. The van der Waals surface area contributed by atoms with Gasteiger partial charge in [0.05, 0.1) is 17.6 Å². The second kappa shape index (κ2) is 4.63. The number of ether oxygens (including phenoxy) is 1. The maximum absolute atomic E-state index is 5.99. The van der Waals surface area contributed by atoms with Gasteiger partial charge in [-0.2, -0.15) is 0 Å². The number of fused-ring (bicyclic) bond motifs is 1. The van der Waals surface area contributed by atoms with E-state index in [0.717, 1.165) is 42.9 Å². The van der Waals surface area contributed by atoms with Crippen LogP contribution in [0.15, 0.2) is 18.5 Å². The third kappa shape index (κ3) is 1.91. The highest BCUT2D eigenvalue weighted by Crippen LogP contribution is 2.28. The lowest BCUT2D eigenvalue weighted by Crippen LogP contribution is -2.20. The molecule has 0 N–H and O–H groups in total. The Bertz CT molecular complexity index is 519. The Balaban J connectivity index is 2.11. The monoisotopic (exact) mass is 251 g/mol. The minimum Gasteiger partial charge on any atom is -0.381 e. The molecule has 0 radical (unpaired) electrons. The van der Waals surface area contributed by atoms with Gasteiger partial charge >= 0.3 is 0 Å². The Labute approximate surface area is 105 Å². The van der Waals surface area contributed by atoms with Crippen molar-refractivity contribution in [2.75, 3.05) is 13.2 Å². The number of nitrogens with zero attached hydrogens (tertiary/aromatic N) is 3. The van der Waals surface area contributed by atoms with Gasteiger partial charge in [0.25, 0.3) is 0 Å². The molecule has 17 heavy (non-hydrogen) atoms. The van der Waals surface area contributed by atoms with Crippen LogP contribution >= 0.6 is 11.6 Å². The smallest absolute Gasteiger partial charge is 0.125 e. The number of aromatic nitrogens is 3. The molecule has 0 bridgehead atoms. The van der Waals surface area contributed by atoms with E-state index in [1.165, 1.54) is 0 Å². The van der Waals surface area contributed by atoms with Gasteiger partial charge in [-0.25, -0.2) is 4.98 Å². The average Bonchev–Trinajstić information content (AvgIpc) is 2.78. The molecule has 0 unspecified atom stereocenters. The summed E-state index contributed by atoms with van der Waals surface area (Å²) in [5.74, 6) is 1.37. The summed E-state index contributed by atoms with van der Waals surface area (Å²) in [5.41, 5.74) is 2.05. The highest BCUT2D eigenvalue weighted by Gasteiger charge is 2.21. The number of hydrogen-bond donors (Lipinski definition) is 0. The van der Waals surface area contributed by atoms with Crippen LogP contribution in [0.3, 0.4) is 0 Å². The predicted molar refractivity (Wildman–Crippen MR) is 66.2 cm³/mol. The van der Waals surface area contributed by atoms with Crippen LogP contribution in [0.2, 0.25) is 0 Å². The lowest BCUT2D eigenvalue weighted by Gasteiger charge is -2.25. The quantitative estimate of drug-likeness (QED) is 0.770. The van der Waals surface area contributed by atoms with E-state index in [4.69, 9.17) is 16.3 Å². The van der Waals surface area contributed by atoms with E-state index in [1.54, 1.807) is 12.4 Å². The van der Waals surface area contributed by atoms with Crippen LogP contribution in [-0.2, 0) is 10.6 Å². The average molecular weight is 252 g/mol. The normalized spacial score (nSPS) is 17.7. The van der Waals surface area contributed by atoms with Crippen molar-refractivity contribution in [2.24, 2.45) is 0 Å². The van der Waals surface area contributed by atoms with Crippen LogP contribution in [0.5, 0.6) is 0 Å². The van der Waals surface area contributed by atoms with Crippen molar-refractivity contribution in [3.05, 3.63) is 24.3 Å². The SMILES string of the molecule is ClCc1nc2cnccc2n1C1CCOCC1. The Morgan fingerprint density at radius 2 is 2.24 bits per heavy atom. The van der Waals surface area contributed by atoms with E-state index in [9.17, 15) is 0 Å². The van der Waals surface area contributed by atoms with Gasteiger partial charge in [-0.05, 0) is 18.9 Å². The van der Waals surface area contributed by atoms with Crippen LogP contribution in [0.4, 0.5) is 0 Å². The minimum absolute atomic E-state index is 0.437.